The van der Waals surface area contributed by atoms with Crippen LogP contribution in [0.1, 0.15) is 19.4 Å². The molecular formula is C25H29N3O4. The Balaban J connectivity index is 1.89. The number of carbonyl (C=O) groups excluding carboxylic acids is 1. The highest BCUT2D eigenvalue weighted by molar-refractivity contribution is 6.37. The molecule has 168 valence electrons. The molecule has 0 aliphatic carbocycles. The fourth-order valence-corrected chi connectivity index (χ4v) is 4.41. The van der Waals surface area contributed by atoms with Crippen LogP contribution in [0.2, 0.25) is 0 Å². The molecule has 2 aliphatic rings. The molecule has 2 heterocycles. The smallest absolute Gasteiger partial charge is 0.196 e. The number of carbonyl (C=O) groups is 1. The van der Waals surface area contributed by atoms with E-state index in [1.54, 1.807) is 27.3 Å². The van der Waals surface area contributed by atoms with E-state index in [2.05, 4.69) is 16.4 Å². The van der Waals surface area contributed by atoms with Gasteiger partial charge in [0.05, 0.1) is 32.1 Å². The molecule has 0 unspecified atom stereocenters. The Labute approximate surface area is 188 Å². The van der Waals surface area contributed by atoms with Crippen LogP contribution in [-0.2, 0) is 16.0 Å². The normalized spacial score (nSPS) is 23.5. The Kier molecular flexibility index (Phi) is 5.93. The van der Waals surface area contributed by atoms with E-state index in [4.69, 9.17) is 14.2 Å². The third-order valence-corrected chi connectivity index (χ3v) is 6.01. The van der Waals surface area contributed by atoms with Crippen molar-refractivity contribution in [2.75, 3.05) is 44.7 Å². The second-order valence-corrected chi connectivity index (χ2v) is 8.01. The van der Waals surface area contributed by atoms with Gasteiger partial charge in [0.1, 0.15) is 22.9 Å². The number of ketones is 1. The molecule has 1 atom stereocenters. The molecule has 2 aromatic rings. The van der Waals surface area contributed by atoms with Crippen LogP contribution in [-0.4, -0.2) is 51.6 Å². The number of benzene rings is 2. The van der Waals surface area contributed by atoms with E-state index in [-0.39, 0.29) is 12.4 Å². The van der Waals surface area contributed by atoms with E-state index in [9.17, 15) is 4.79 Å². The Bertz CT molecular complexity index is 1060. The molecule has 4 rings (SSSR count). The molecule has 2 aliphatic heterocycles. The van der Waals surface area contributed by atoms with Gasteiger partial charge in [0.15, 0.2) is 5.78 Å². The Hall–Kier alpha value is -3.32. The van der Waals surface area contributed by atoms with Crippen molar-refractivity contribution < 1.29 is 19.0 Å². The summed E-state index contributed by atoms with van der Waals surface area (Å²) in [5.41, 5.74) is 3.41. The van der Waals surface area contributed by atoms with Crippen molar-refractivity contribution in [1.29, 1.82) is 0 Å². The van der Waals surface area contributed by atoms with Gasteiger partial charge in [-0.25, -0.2) is 0 Å². The summed E-state index contributed by atoms with van der Waals surface area (Å²) in [5.74, 6) is 1.84. The van der Waals surface area contributed by atoms with Crippen molar-refractivity contribution in [3.8, 4) is 11.5 Å². The van der Waals surface area contributed by atoms with Crippen molar-refractivity contribution in [2.24, 2.45) is 4.99 Å². The summed E-state index contributed by atoms with van der Waals surface area (Å²) in [4.78, 5) is 20.5. The van der Waals surface area contributed by atoms with Crippen LogP contribution in [0.4, 0.5) is 11.4 Å². The zero-order valence-corrected chi connectivity index (χ0v) is 19.2. The largest absolute Gasteiger partial charge is 0.497 e. The fourth-order valence-electron chi connectivity index (χ4n) is 4.41. The highest BCUT2D eigenvalue weighted by Gasteiger charge is 2.53. The number of hydrogen-bond acceptors (Lipinski definition) is 6. The third-order valence-electron chi connectivity index (χ3n) is 6.01. The SMILES string of the molecule is CCOC[C@@]1(C)C(=O)C(=C2Cc3ccccc3N2)C(=NC)N1c1cc(OC)cc(OC)c1. The number of aliphatic imine (C=N–C) groups is 1. The summed E-state index contributed by atoms with van der Waals surface area (Å²) in [6.45, 7) is 4.56. The summed E-state index contributed by atoms with van der Waals surface area (Å²) in [7, 11) is 4.92. The number of para-hydroxylation sites is 1. The summed E-state index contributed by atoms with van der Waals surface area (Å²) in [6.07, 6.45) is 0.649. The topological polar surface area (TPSA) is 72.4 Å². The van der Waals surface area contributed by atoms with E-state index >= 15 is 0 Å². The second-order valence-electron chi connectivity index (χ2n) is 8.01. The number of rotatable bonds is 6. The highest BCUT2D eigenvalue weighted by Crippen LogP contribution is 2.42. The first-order chi connectivity index (χ1) is 15.5. The van der Waals surface area contributed by atoms with Crippen LogP contribution >= 0.6 is 0 Å². The number of methoxy groups -OCH3 is 2. The van der Waals surface area contributed by atoms with Crippen LogP contribution < -0.4 is 19.7 Å². The van der Waals surface area contributed by atoms with Crippen molar-refractivity contribution in [1.82, 2.24) is 0 Å². The number of amidine groups is 1. The maximum Gasteiger partial charge on any atom is 0.196 e. The number of hydrogen-bond donors (Lipinski definition) is 1. The van der Waals surface area contributed by atoms with E-state index < -0.39 is 5.54 Å². The third kappa shape index (κ3) is 3.52. The van der Waals surface area contributed by atoms with Crippen LogP contribution in [0.5, 0.6) is 11.5 Å². The lowest BCUT2D eigenvalue weighted by molar-refractivity contribution is -0.120. The second kappa shape index (κ2) is 8.67. The van der Waals surface area contributed by atoms with Crippen LogP contribution in [0, 0.1) is 0 Å². The van der Waals surface area contributed by atoms with Gasteiger partial charge >= 0.3 is 0 Å². The standard InChI is InChI=1S/C25H29N3O4/c1-6-32-15-25(2)23(29)22(21-11-16-9-7-8-10-20(16)27-21)24(26-3)28(25)17-12-18(30-4)14-19(13-17)31-5/h7-10,12-14,27H,6,11,15H2,1-5H3/t25-/m0/s1. The Morgan fingerprint density at radius 1 is 1.12 bits per heavy atom. The molecule has 1 N–H and O–H groups in total. The van der Waals surface area contributed by atoms with Crippen LogP contribution in [0.3, 0.4) is 0 Å². The number of fused-ring (bicyclic) bond motifs is 1. The molecule has 0 amide bonds. The monoisotopic (exact) mass is 435 g/mol. The summed E-state index contributed by atoms with van der Waals surface area (Å²) in [5, 5.41) is 3.44. The first kappa shape index (κ1) is 21.9. The number of allylic oxidation sites excluding steroid dienone is 1. The predicted molar refractivity (Wildman–Crippen MR) is 126 cm³/mol. The Morgan fingerprint density at radius 3 is 2.41 bits per heavy atom. The molecule has 2 aromatic carbocycles. The summed E-state index contributed by atoms with van der Waals surface area (Å²) < 4.78 is 16.8. The maximum absolute atomic E-state index is 14.0. The molecule has 32 heavy (non-hydrogen) atoms. The van der Waals surface area contributed by atoms with Gasteiger partial charge in [0, 0.05) is 49.7 Å². The number of anilines is 2. The molecule has 1 saturated heterocycles. The molecule has 0 aromatic heterocycles. The van der Waals surface area contributed by atoms with Crippen molar-refractivity contribution in [3.05, 3.63) is 59.3 Å². The van der Waals surface area contributed by atoms with E-state index in [1.165, 1.54) is 0 Å². The van der Waals surface area contributed by atoms with E-state index in [0.29, 0.717) is 35.9 Å². The quantitative estimate of drug-likeness (QED) is 0.695. The number of ether oxygens (including phenoxy) is 3. The van der Waals surface area contributed by atoms with Gasteiger partial charge in [-0.2, -0.15) is 0 Å². The van der Waals surface area contributed by atoms with Gasteiger partial charge in [-0.1, -0.05) is 18.2 Å². The summed E-state index contributed by atoms with van der Waals surface area (Å²) >= 11 is 0. The zero-order chi connectivity index (χ0) is 22.9. The predicted octanol–water partition coefficient (Wildman–Crippen LogP) is 3.84. The van der Waals surface area contributed by atoms with Crippen molar-refractivity contribution >= 4 is 23.0 Å². The lowest BCUT2D eigenvalue weighted by Crippen LogP contribution is -2.51. The van der Waals surface area contributed by atoms with Crippen molar-refractivity contribution in [2.45, 2.75) is 25.8 Å². The fraction of sp³-hybridized carbons (Fsp3) is 0.360. The number of nitrogens with zero attached hydrogens (tertiary/aromatic N) is 2. The van der Waals surface area contributed by atoms with Crippen LogP contribution in [0.25, 0.3) is 0 Å². The first-order valence-electron chi connectivity index (χ1n) is 10.7. The highest BCUT2D eigenvalue weighted by atomic mass is 16.5. The molecule has 0 saturated carbocycles. The minimum Gasteiger partial charge on any atom is -0.497 e. The zero-order valence-electron chi connectivity index (χ0n) is 19.2. The number of Topliss-reactive ketones (excluding diaryl/α,β-unsaturated/α-hetero) is 1. The van der Waals surface area contributed by atoms with Gasteiger partial charge < -0.3 is 24.4 Å². The molecule has 1 fully saturated rings. The average Bonchev–Trinajstić information content (AvgIpc) is 3.33. The minimum absolute atomic E-state index is 0.0244. The van der Waals surface area contributed by atoms with Crippen LogP contribution in [0.15, 0.2) is 58.7 Å². The lowest BCUT2D eigenvalue weighted by Gasteiger charge is -2.34. The van der Waals surface area contributed by atoms with Crippen molar-refractivity contribution in [3.63, 3.8) is 0 Å². The molecule has 0 radical (unpaired) electrons. The maximum atomic E-state index is 14.0. The molecule has 7 heteroatoms. The molecule has 0 spiro atoms. The van der Waals surface area contributed by atoms with Gasteiger partial charge in [-0.3, -0.25) is 9.79 Å². The van der Waals surface area contributed by atoms with Gasteiger partial charge in [-0.05, 0) is 25.5 Å². The Morgan fingerprint density at radius 2 is 1.81 bits per heavy atom. The first-order valence-corrected chi connectivity index (χ1v) is 10.7. The average molecular weight is 436 g/mol. The molecular weight excluding hydrogens is 406 g/mol. The van der Waals surface area contributed by atoms with Gasteiger partial charge in [0.2, 0.25) is 0 Å². The van der Waals surface area contributed by atoms with E-state index in [1.807, 2.05) is 49.1 Å². The van der Waals surface area contributed by atoms with Gasteiger partial charge in [-0.15, -0.1) is 0 Å². The molecule has 0 bridgehead atoms. The molecule has 7 nitrogen and oxygen atoms in total. The number of nitrogens with one attached hydrogen (secondary N) is 1. The lowest BCUT2D eigenvalue weighted by atomic mass is 9.94. The van der Waals surface area contributed by atoms with Gasteiger partial charge in [0.25, 0.3) is 0 Å². The summed E-state index contributed by atoms with van der Waals surface area (Å²) in [6, 6.07) is 13.7. The van der Waals surface area contributed by atoms with E-state index in [0.717, 1.165) is 22.6 Å². The minimum atomic E-state index is -0.971.